The normalized spacial score (nSPS) is 18.1. The number of amides is 4. The fourth-order valence-corrected chi connectivity index (χ4v) is 7.87. The highest BCUT2D eigenvalue weighted by Gasteiger charge is 2.45. The van der Waals surface area contributed by atoms with Crippen molar-refractivity contribution in [2.75, 3.05) is 46.3 Å². The Morgan fingerprint density at radius 3 is 2.28 bits per heavy atom. The van der Waals surface area contributed by atoms with E-state index in [-0.39, 0.29) is 41.7 Å². The number of carbonyl (C=O) groups is 4. The van der Waals surface area contributed by atoms with Crippen LogP contribution in [0.15, 0.2) is 53.6 Å². The Bertz CT molecular complexity index is 2200. The molecule has 0 saturated carbocycles. The minimum absolute atomic E-state index is 0.101. The molecule has 0 bridgehead atoms. The SMILES string of the molecule is COc1cc(-c2cn(C)c(=O)c3cnc(N(C)C)cc23)cc(OC)c1CN1CCC(c2ccc3c(c2)C(=O)N(C2CCC(=O)N(C(=O)O)C2=O)C3)CC1. The van der Waals surface area contributed by atoms with Crippen LogP contribution in [0, 0.1) is 0 Å². The quantitative estimate of drug-likeness (QED) is 0.260. The minimum atomic E-state index is -1.62. The molecule has 53 heavy (non-hydrogen) atoms. The van der Waals surface area contributed by atoms with E-state index in [0.717, 1.165) is 65.0 Å². The smallest absolute Gasteiger partial charge is 0.421 e. The van der Waals surface area contributed by atoms with Gasteiger partial charge in [-0.25, -0.2) is 9.78 Å². The van der Waals surface area contributed by atoms with E-state index in [1.165, 1.54) is 4.90 Å². The van der Waals surface area contributed by atoms with Gasteiger partial charge in [0.1, 0.15) is 23.4 Å². The number of hydrogen-bond donors (Lipinski definition) is 1. The summed E-state index contributed by atoms with van der Waals surface area (Å²) in [6.45, 7) is 2.40. The second-order valence-electron chi connectivity index (χ2n) is 14.1. The number of anilines is 1. The molecule has 1 atom stereocenters. The van der Waals surface area contributed by atoms with Gasteiger partial charge in [0.2, 0.25) is 5.91 Å². The monoisotopic (exact) mass is 722 g/mol. The maximum absolute atomic E-state index is 13.5. The van der Waals surface area contributed by atoms with Crippen molar-refractivity contribution in [1.82, 2.24) is 24.3 Å². The zero-order chi connectivity index (χ0) is 37.7. The summed E-state index contributed by atoms with van der Waals surface area (Å²) < 4.78 is 13.5. The Hall–Kier alpha value is -5.76. The third-order valence-corrected chi connectivity index (χ3v) is 10.8. The van der Waals surface area contributed by atoms with Crippen LogP contribution < -0.4 is 19.9 Å². The van der Waals surface area contributed by atoms with Crippen molar-refractivity contribution >= 4 is 40.4 Å². The first kappa shape index (κ1) is 35.6. The molecule has 5 heterocycles. The number of fused-ring (bicyclic) bond motifs is 2. The average Bonchev–Trinajstić information content (AvgIpc) is 3.47. The first-order chi connectivity index (χ1) is 25.4. The van der Waals surface area contributed by atoms with Crippen LogP contribution >= 0.6 is 0 Å². The molecule has 14 nitrogen and oxygen atoms in total. The summed E-state index contributed by atoms with van der Waals surface area (Å²) in [5.74, 6) is 0.363. The Balaban J connectivity index is 1.07. The Morgan fingerprint density at radius 1 is 0.943 bits per heavy atom. The molecule has 0 aliphatic carbocycles. The van der Waals surface area contributed by atoms with Crippen molar-refractivity contribution in [1.29, 1.82) is 0 Å². The molecule has 1 N–H and O–H groups in total. The lowest BCUT2D eigenvalue weighted by Gasteiger charge is -2.33. The molecule has 2 aromatic carbocycles. The molecule has 3 aliphatic heterocycles. The Morgan fingerprint density at radius 2 is 1.64 bits per heavy atom. The number of carbonyl (C=O) groups excluding carboxylic acids is 3. The number of carboxylic acid groups (broad SMARTS) is 1. The van der Waals surface area contributed by atoms with Gasteiger partial charge in [-0.05, 0) is 79.2 Å². The van der Waals surface area contributed by atoms with Crippen LogP contribution in [0.1, 0.15) is 58.6 Å². The van der Waals surface area contributed by atoms with Gasteiger partial charge in [-0.3, -0.25) is 24.1 Å². The van der Waals surface area contributed by atoms with Crippen LogP contribution in [0.25, 0.3) is 21.9 Å². The number of hydrogen-bond acceptors (Lipinski definition) is 10. The van der Waals surface area contributed by atoms with Crippen LogP contribution in [0.2, 0.25) is 0 Å². The number of pyridine rings is 2. The zero-order valence-electron chi connectivity index (χ0n) is 30.4. The molecule has 2 fully saturated rings. The number of likely N-dealkylation sites (tertiary alicyclic amines) is 2. The predicted octanol–water partition coefficient (Wildman–Crippen LogP) is 4.21. The number of aromatic nitrogens is 2. The van der Waals surface area contributed by atoms with E-state index in [4.69, 9.17) is 9.47 Å². The first-order valence-electron chi connectivity index (χ1n) is 17.6. The number of aryl methyl sites for hydroxylation is 1. The van der Waals surface area contributed by atoms with E-state index in [2.05, 4.69) is 9.88 Å². The molecule has 0 radical (unpaired) electrons. The lowest BCUT2D eigenvalue weighted by molar-refractivity contribution is -0.149. The van der Waals surface area contributed by atoms with E-state index in [0.29, 0.717) is 29.0 Å². The van der Waals surface area contributed by atoms with Gasteiger partial charge in [0.15, 0.2) is 0 Å². The molecule has 276 valence electrons. The second-order valence-corrected chi connectivity index (χ2v) is 14.1. The number of imide groups is 3. The molecule has 1 unspecified atom stereocenters. The number of benzene rings is 2. The summed E-state index contributed by atoms with van der Waals surface area (Å²) in [4.78, 5) is 73.4. The van der Waals surface area contributed by atoms with E-state index >= 15 is 0 Å². The second kappa shape index (κ2) is 14.0. The molecule has 4 aromatic rings. The van der Waals surface area contributed by atoms with Crippen molar-refractivity contribution in [2.24, 2.45) is 7.05 Å². The summed E-state index contributed by atoms with van der Waals surface area (Å²) >= 11 is 0. The van der Waals surface area contributed by atoms with Crippen LogP contribution in [0.5, 0.6) is 11.5 Å². The van der Waals surface area contributed by atoms with Crippen LogP contribution in [-0.2, 0) is 29.7 Å². The molecule has 14 heteroatoms. The molecule has 4 amide bonds. The van der Waals surface area contributed by atoms with E-state index in [1.54, 1.807) is 32.0 Å². The van der Waals surface area contributed by atoms with Crippen molar-refractivity contribution in [3.8, 4) is 22.6 Å². The van der Waals surface area contributed by atoms with Gasteiger partial charge >= 0.3 is 6.09 Å². The van der Waals surface area contributed by atoms with Gasteiger partial charge in [0.25, 0.3) is 17.4 Å². The Kier molecular flexibility index (Phi) is 9.41. The largest absolute Gasteiger partial charge is 0.496 e. The average molecular weight is 723 g/mol. The number of nitrogens with zero attached hydrogens (tertiary/aromatic N) is 6. The topological polar surface area (TPSA) is 155 Å². The summed E-state index contributed by atoms with van der Waals surface area (Å²) in [6, 6.07) is 10.8. The summed E-state index contributed by atoms with van der Waals surface area (Å²) in [5.41, 5.74) is 4.85. The van der Waals surface area contributed by atoms with E-state index in [1.807, 2.05) is 61.6 Å². The van der Waals surface area contributed by atoms with Gasteiger partial charge in [-0.1, -0.05) is 12.1 Å². The van der Waals surface area contributed by atoms with Gasteiger partial charge < -0.3 is 28.9 Å². The maximum Gasteiger partial charge on any atom is 0.421 e. The van der Waals surface area contributed by atoms with Crippen molar-refractivity contribution in [2.45, 2.75) is 50.7 Å². The maximum atomic E-state index is 13.5. The molecular weight excluding hydrogens is 680 g/mol. The highest BCUT2D eigenvalue weighted by atomic mass is 16.5. The highest BCUT2D eigenvalue weighted by Crippen LogP contribution is 2.40. The third kappa shape index (κ3) is 6.37. The van der Waals surface area contributed by atoms with Gasteiger partial charge in [0, 0.05) is 69.6 Å². The van der Waals surface area contributed by atoms with Gasteiger partial charge in [-0.15, -0.1) is 0 Å². The van der Waals surface area contributed by atoms with Crippen molar-refractivity contribution in [3.05, 3.63) is 81.4 Å². The van der Waals surface area contributed by atoms with Crippen LogP contribution in [0.4, 0.5) is 10.6 Å². The third-order valence-electron chi connectivity index (χ3n) is 10.8. The predicted molar refractivity (Wildman–Crippen MR) is 196 cm³/mol. The van der Waals surface area contributed by atoms with E-state index in [9.17, 15) is 29.1 Å². The summed E-state index contributed by atoms with van der Waals surface area (Å²) in [5, 5.41) is 10.7. The fraction of sp³-hybridized carbons (Fsp3) is 0.385. The molecule has 0 spiro atoms. The molecule has 3 aliphatic rings. The summed E-state index contributed by atoms with van der Waals surface area (Å²) in [6.07, 6.45) is 3.55. The fourth-order valence-electron chi connectivity index (χ4n) is 7.87. The van der Waals surface area contributed by atoms with Crippen LogP contribution in [0.3, 0.4) is 0 Å². The zero-order valence-corrected chi connectivity index (χ0v) is 30.4. The van der Waals surface area contributed by atoms with Gasteiger partial charge in [0.05, 0.1) is 25.2 Å². The lowest BCUT2D eigenvalue weighted by atomic mass is 9.87. The first-order valence-corrected chi connectivity index (χ1v) is 17.6. The van der Waals surface area contributed by atoms with Crippen molar-refractivity contribution in [3.63, 3.8) is 0 Å². The highest BCUT2D eigenvalue weighted by molar-refractivity contribution is 6.13. The molecule has 2 aromatic heterocycles. The standard InChI is InChI=1S/C39H42N6O8/c1-41(2)34-17-27-28(18-40-34)36(47)42(3)20-29(27)25-15-32(52-4)30(33(16-25)53-5)21-43-12-10-22(11-13-43)23-6-7-24-19-44(37(48)26(24)14-23)31-8-9-35(46)45(38(31)49)39(50)51/h6-7,14-18,20,22,31H,8-13,19,21H2,1-5H3,(H,50,51). The minimum Gasteiger partial charge on any atom is -0.496 e. The van der Waals surface area contributed by atoms with E-state index < -0.39 is 23.9 Å². The van der Waals surface area contributed by atoms with Gasteiger partial charge in [-0.2, -0.15) is 4.90 Å². The lowest BCUT2D eigenvalue weighted by Crippen LogP contribution is -2.56. The molecule has 2 saturated heterocycles. The Labute approximate surface area is 306 Å². The number of ether oxygens (including phenoxy) is 2. The molecular formula is C39H42N6O8. The number of rotatable bonds is 8. The summed E-state index contributed by atoms with van der Waals surface area (Å²) in [7, 11) is 8.83. The number of piperidine rings is 2. The molecule has 7 rings (SSSR count). The van der Waals surface area contributed by atoms with Crippen LogP contribution in [-0.4, -0.2) is 101 Å². The number of methoxy groups -OCH3 is 2. The van der Waals surface area contributed by atoms with Crippen molar-refractivity contribution < 1.29 is 33.8 Å².